The van der Waals surface area contributed by atoms with Crippen molar-refractivity contribution in [2.24, 2.45) is 0 Å². The molecular formula is C11H8N4O3. The number of nitrogens with one attached hydrogen (secondary N) is 1. The molecule has 0 saturated carbocycles. The molecule has 0 radical (unpaired) electrons. The average Bonchev–Trinajstić information content (AvgIpc) is 2.40. The van der Waals surface area contributed by atoms with Gasteiger partial charge in [0.25, 0.3) is 11.6 Å². The molecule has 0 bridgehead atoms. The van der Waals surface area contributed by atoms with Crippen molar-refractivity contribution in [1.29, 1.82) is 0 Å². The molecule has 1 amide bonds. The second-order valence-corrected chi connectivity index (χ2v) is 3.33. The molecule has 1 aromatic carbocycles. The average molecular weight is 244 g/mol. The summed E-state index contributed by atoms with van der Waals surface area (Å²) in [5.74, 6) is -0.348. The van der Waals surface area contributed by atoms with Gasteiger partial charge in [0.15, 0.2) is 0 Å². The summed E-state index contributed by atoms with van der Waals surface area (Å²) in [6, 6.07) is 7.04. The van der Waals surface area contributed by atoms with Gasteiger partial charge in [-0.05, 0) is 12.1 Å². The topological polar surface area (TPSA) is 98.0 Å². The number of nitro groups is 1. The van der Waals surface area contributed by atoms with Crippen LogP contribution in [0, 0.1) is 10.1 Å². The predicted molar refractivity (Wildman–Crippen MR) is 63.1 cm³/mol. The molecule has 0 fully saturated rings. The first-order valence-electron chi connectivity index (χ1n) is 4.99. The molecule has 0 spiro atoms. The van der Waals surface area contributed by atoms with Crippen molar-refractivity contribution in [3.05, 3.63) is 58.4 Å². The van der Waals surface area contributed by atoms with Gasteiger partial charge in [-0.25, -0.2) is 9.97 Å². The molecule has 1 aromatic heterocycles. The zero-order chi connectivity index (χ0) is 13.0. The van der Waals surface area contributed by atoms with E-state index in [2.05, 4.69) is 15.3 Å². The van der Waals surface area contributed by atoms with E-state index in [1.54, 1.807) is 6.07 Å². The highest BCUT2D eigenvalue weighted by Gasteiger charge is 2.12. The van der Waals surface area contributed by atoms with Crippen LogP contribution < -0.4 is 5.32 Å². The van der Waals surface area contributed by atoms with E-state index in [0.717, 1.165) is 0 Å². The van der Waals surface area contributed by atoms with Crippen LogP contribution >= 0.6 is 0 Å². The number of anilines is 1. The van der Waals surface area contributed by atoms with E-state index < -0.39 is 10.8 Å². The molecule has 0 aliphatic rings. The van der Waals surface area contributed by atoms with Crippen molar-refractivity contribution in [2.45, 2.75) is 0 Å². The fourth-order valence-corrected chi connectivity index (χ4v) is 1.30. The minimum absolute atomic E-state index is 0.142. The number of hydrogen-bond donors (Lipinski definition) is 1. The standard InChI is InChI=1S/C11H8N4O3/c16-10(14-11-12-5-2-6-13-11)8-3-1-4-9(7-8)15(17)18/h1-7H,(H,12,13,14,16). The Morgan fingerprint density at radius 3 is 2.61 bits per heavy atom. The lowest BCUT2D eigenvalue weighted by atomic mass is 10.2. The van der Waals surface area contributed by atoms with Gasteiger partial charge < -0.3 is 0 Å². The summed E-state index contributed by atoms with van der Waals surface area (Å²) in [6.45, 7) is 0. The fraction of sp³-hybridized carbons (Fsp3) is 0. The van der Waals surface area contributed by atoms with Crippen LogP contribution in [0.15, 0.2) is 42.7 Å². The predicted octanol–water partition coefficient (Wildman–Crippen LogP) is 1.64. The highest BCUT2D eigenvalue weighted by Crippen LogP contribution is 2.13. The van der Waals surface area contributed by atoms with Crippen LogP contribution in [0.4, 0.5) is 11.6 Å². The van der Waals surface area contributed by atoms with E-state index >= 15 is 0 Å². The third-order valence-corrected chi connectivity index (χ3v) is 2.11. The summed E-state index contributed by atoms with van der Waals surface area (Å²) < 4.78 is 0. The zero-order valence-electron chi connectivity index (χ0n) is 9.11. The van der Waals surface area contributed by atoms with Gasteiger partial charge >= 0.3 is 0 Å². The molecule has 18 heavy (non-hydrogen) atoms. The maximum absolute atomic E-state index is 11.8. The van der Waals surface area contributed by atoms with E-state index in [-0.39, 0.29) is 17.2 Å². The Hall–Kier alpha value is -2.83. The first-order valence-corrected chi connectivity index (χ1v) is 4.99. The van der Waals surface area contributed by atoms with Crippen LogP contribution in [0.1, 0.15) is 10.4 Å². The molecule has 0 unspecified atom stereocenters. The van der Waals surface area contributed by atoms with Crippen molar-refractivity contribution >= 4 is 17.5 Å². The van der Waals surface area contributed by atoms with Gasteiger partial charge in [0.2, 0.25) is 5.95 Å². The van der Waals surface area contributed by atoms with Gasteiger partial charge in [-0.15, -0.1) is 0 Å². The Morgan fingerprint density at radius 2 is 1.94 bits per heavy atom. The summed E-state index contributed by atoms with van der Waals surface area (Å²) in [4.78, 5) is 29.4. The second-order valence-electron chi connectivity index (χ2n) is 3.33. The van der Waals surface area contributed by atoms with Crippen molar-refractivity contribution in [3.63, 3.8) is 0 Å². The van der Waals surface area contributed by atoms with E-state index in [0.29, 0.717) is 0 Å². The van der Waals surface area contributed by atoms with Gasteiger partial charge in [-0.3, -0.25) is 20.2 Å². The second kappa shape index (κ2) is 5.00. The number of nitrogens with zero attached hydrogens (tertiary/aromatic N) is 3. The van der Waals surface area contributed by atoms with Gasteiger partial charge in [0.05, 0.1) is 4.92 Å². The number of carbonyl (C=O) groups excluding carboxylic acids is 1. The van der Waals surface area contributed by atoms with Crippen LogP contribution in [0.25, 0.3) is 0 Å². The number of hydrogen-bond acceptors (Lipinski definition) is 5. The van der Waals surface area contributed by atoms with Crippen molar-refractivity contribution in [1.82, 2.24) is 9.97 Å². The number of nitro benzene ring substituents is 1. The van der Waals surface area contributed by atoms with Gasteiger partial charge in [0, 0.05) is 30.1 Å². The molecule has 1 heterocycles. The number of amides is 1. The quantitative estimate of drug-likeness (QED) is 0.653. The molecule has 1 N–H and O–H groups in total. The lowest BCUT2D eigenvalue weighted by molar-refractivity contribution is -0.384. The molecule has 0 atom stereocenters. The first kappa shape index (κ1) is 11.6. The smallest absolute Gasteiger partial charge is 0.270 e. The molecule has 7 nitrogen and oxygen atoms in total. The Bertz CT molecular complexity index is 586. The summed E-state index contributed by atoms with van der Waals surface area (Å²) in [7, 11) is 0. The van der Waals surface area contributed by atoms with E-state index in [1.807, 2.05) is 0 Å². The largest absolute Gasteiger partial charge is 0.290 e. The van der Waals surface area contributed by atoms with Crippen LogP contribution in [-0.4, -0.2) is 20.8 Å². The first-order chi connectivity index (χ1) is 8.66. The van der Waals surface area contributed by atoms with Crippen LogP contribution in [0.5, 0.6) is 0 Å². The van der Waals surface area contributed by atoms with E-state index in [1.165, 1.54) is 36.7 Å². The van der Waals surface area contributed by atoms with Gasteiger partial charge in [0.1, 0.15) is 0 Å². The highest BCUT2D eigenvalue weighted by atomic mass is 16.6. The summed E-state index contributed by atoms with van der Waals surface area (Å²) in [5.41, 5.74) is 0.0354. The minimum Gasteiger partial charge on any atom is -0.290 e. The monoisotopic (exact) mass is 244 g/mol. The Labute approximate surface area is 102 Å². The molecule has 2 aromatic rings. The molecule has 90 valence electrons. The molecule has 0 aliphatic heterocycles. The molecule has 0 aliphatic carbocycles. The summed E-state index contributed by atoms with van der Waals surface area (Å²) in [5, 5.41) is 13.0. The van der Waals surface area contributed by atoms with Crippen LogP contribution in [0.2, 0.25) is 0 Å². The number of non-ortho nitro benzene ring substituents is 1. The Balaban J connectivity index is 2.19. The molecule has 7 heteroatoms. The minimum atomic E-state index is -0.560. The normalized spacial score (nSPS) is 9.78. The van der Waals surface area contributed by atoms with Crippen molar-refractivity contribution < 1.29 is 9.72 Å². The zero-order valence-corrected chi connectivity index (χ0v) is 9.11. The molecule has 2 rings (SSSR count). The SMILES string of the molecule is O=C(Nc1ncccn1)c1cccc([N+](=O)[O-])c1. The number of carbonyl (C=O) groups is 1. The van der Waals surface area contributed by atoms with Crippen LogP contribution in [-0.2, 0) is 0 Å². The summed E-state index contributed by atoms with van der Waals surface area (Å²) >= 11 is 0. The third-order valence-electron chi connectivity index (χ3n) is 2.11. The Morgan fingerprint density at radius 1 is 1.22 bits per heavy atom. The molecule has 0 saturated heterocycles. The van der Waals surface area contributed by atoms with E-state index in [9.17, 15) is 14.9 Å². The lowest BCUT2D eigenvalue weighted by Crippen LogP contribution is -2.14. The van der Waals surface area contributed by atoms with Crippen molar-refractivity contribution in [2.75, 3.05) is 5.32 Å². The third kappa shape index (κ3) is 2.64. The van der Waals surface area contributed by atoms with Crippen LogP contribution in [0.3, 0.4) is 0 Å². The maximum atomic E-state index is 11.8. The Kier molecular flexibility index (Phi) is 3.24. The lowest BCUT2D eigenvalue weighted by Gasteiger charge is -2.02. The van der Waals surface area contributed by atoms with Gasteiger partial charge in [-0.2, -0.15) is 0 Å². The highest BCUT2D eigenvalue weighted by molar-refractivity contribution is 6.03. The number of aromatic nitrogens is 2. The number of benzene rings is 1. The van der Waals surface area contributed by atoms with Gasteiger partial charge in [-0.1, -0.05) is 6.07 Å². The number of rotatable bonds is 3. The van der Waals surface area contributed by atoms with Crippen molar-refractivity contribution in [3.8, 4) is 0 Å². The van der Waals surface area contributed by atoms with E-state index in [4.69, 9.17) is 0 Å². The maximum Gasteiger partial charge on any atom is 0.270 e. The summed E-state index contributed by atoms with van der Waals surface area (Å²) in [6.07, 6.45) is 2.96. The molecular weight excluding hydrogens is 236 g/mol. The fourth-order valence-electron chi connectivity index (χ4n) is 1.30.